The van der Waals surface area contributed by atoms with E-state index >= 15 is 0 Å². The van der Waals surface area contributed by atoms with Crippen LogP contribution in [-0.4, -0.2) is 14.2 Å². The van der Waals surface area contributed by atoms with E-state index < -0.39 is 0 Å². The maximum absolute atomic E-state index is 5.67. The van der Waals surface area contributed by atoms with Crippen molar-refractivity contribution in [3.05, 3.63) is 23.3 Å². The molecule has 0 fully saturated rings. The molecule has 1 aromatic carbocycles. The van der Waals surface area contributed by atoms with Gasteiger partial charge >= 0.3 is 0 Å². The SMILES string of the molecule is COc1cc(C(C)(C)C)c(OC)cc1CN. The summed E-state index contributed by atoms with van der Waals surface area (Å²) < 4.78 is 10.7. The second-order valence-electron chi connectivity index (χ2n) is 4.82. The molecule has 16 heavy (non-hydrogen) atoms. The van der Waals surface area contributed by atoms with Gasteiger partial charge in [-0.05, 0) is 17.5 Å². The number of ether oxygens (including phenoxy) is 2. The molecule has 0 radical (unpaired) electrons. The number of methoxy groups -OCH3 is 2. The van der Waals surface area contributed by atoms with Crippen LogP contribution in [0.1, 0.15) is 31.9 Å². The van der Waals surface area contributed by atoms with Gasteiger partial charge in [0, 0.05) is 17.7 Å². The van der Waals surface area contributed by atoms with Crippen molar-refractivity contribution in [2.75, 3.05) is 14.2 Å². The Morgan fingerprint density at radius 2 is 1.62 bits per heavy atom. The fourth-order valence-corrected chi connectivity index (χ4v) is 1.71. The highest BCUT2D eigenvalue weighted by atomic mass is 16.5. The van der Waals surface area contributed by atoms with Gasteiger partial charge in [0.15, 0.2) is 0 Å². The first-order valence-corrected chi connectivity index (χ1v) is 5.39. The summed E-state index contributed by atoms with van der Waals surface area (Å²) in [6.07, 6.45) is 0. The summed E-state index contributed by atoms with van der Waals surface area (Å²) in [5, 5.41) is 0. The summed E-state index contributed by atoms with van der Waals surface area (Å²) >= 11 is 0. The lowest BCUT2D eigenvalue weighted by atomic mass is 9.85. The van der Waals surface area contributed by atoms with Crippen LogP contribution in [0.4, 0.5) is 0 Å². The molecule has 2 N–H and O–H groups in total. The summed E-state index contributed by atoms with van der Waals surface area (Å²) in [4.78, 5) is 0. The molecule has 3 heteroatoms. The van der Waals surface area contributed by atoms with Gasteiger partial charge in [-0.2, -0.15) is 0 Å². The van der Waals surface area contributed by atoms with Crippen molar-refractivity contribution in [3.63, 3.8) is 0 Å². The summed E-state index contributed by atoms with van der Waals surface area (Å²) in [5.74, 6) is 1.70. The summed E-state index contributed by atoms with van der Waals surface area (Å²) in [7, 11) is 3.34. The first kappa shape index (κ1) is 12.8. The van der Waals surface area contributed by atoms with Gasteiger partial charge in [0.25, 0.3) is 0 Å². The molecule has 0 saturated heterocycles. The molecule has 0 amide bonds. The van der Waals surface area contributed by atoms with Crippen LogP contribution in [-0.2, 0) is 12.0 Å². The molecule has 0 bridgehead atoms. The average molecular weight is 223 g/mol. The zero-order valence-electron chi connectivity index (χ0n) is 10.8. The fourth-order valence-electron chi connectivity index (χ4n) is 1.71. The molecule has 0 aromatic heterocycles. The lowest BCUT2D eigenvalue weighted by Crippen LogP contribution is -2.14. The highest BCUT2D eigenvalue weighted by Crippen LogP contribution is 2.36. The molecule has 0 heterocycles. The van der Waals surface area contributed by atoms with Crippen molar-refractivity contribution in [1.29, 1.82) is 0 Å². The summed E-state index contributed by atoms with van der Waals surface area (Å²) in [6, 6.07) is 3.97. The minimum absolute atomic E-state index is 0.0196. The smallest absolute Gasteiger partial charge is 0.123 e. The molecule has 0 unspecified atom stereocenters. The van der Waals surface area contributed by atoms with Crippen LogP contribution in [0.3, 0.4) is 0 Å². The number of rotatable bonds is 3. The van der Waals surface area contributed by atoms with E-state index in [0.717, 1.165) is 22.6 Å². The van der Waals surface area contributed by atoms with Crippen LogP contribution >= 0.6 is 0 Å². The quantitative estimate of drug-likeness (QED) is 0.856. The summed E-state index contributed by atoms with van der Waals surface area (Å²) in [5.41, 5.74) is 7.79. The molecule has 0 aliphatic carbocycles. The Bertz CT molecular complexity index is 367. The number of benzene rings is 1. The van der Waals surface area contributed by atoms with E-state index in [1.54, 1.807) is 14.2 Å². The Labute approximate surface area is 97.6 Å². The zero-order chi connectivity index (χ0) is 12.3. The molecule has 0 saturated carbocycles. The van der Waals surface area contributed by atoms with Crippen molar-refractivity contribution in [3.8, 4) is 11.5 Å². The lowest BCUT2D eigenvalue weighted by molar-refractivity contribution is 0.385. The molecule has 1 aromatic rings. The Hall–Kier alpha value is -1.22. The van der Waals surface area contributed by atoms with Crippen molar-refractivity contribution < 1.29 is 9.47 Å². The van der Waals surface area contributed by atoms with Crippen LogP contribution in [0, 0.1) is 0 Å². The predicted octanol–water partition coefficient (Wildman–Crippen LogP) is 2.46. The van der Waals surface area contributed by atoms with Gasteiger partial charge in [0.2, 0.25) is 0 Å². The third-order valence-electron chi connectivity index (χ3n) is 2.63. The van der Waals surface area contributed by atoms with Gasteiger partial charge in [-0.25, -0.2) is 0 Å². The van der Waals surface area contributed by atoms with E-state index in [-0.39, 0.29) is 5.41 Å². The van der Waals surface area contributed by atoms with Gasteiger partial charge in [-0.1, -0.05) is 20.8 Å². The van der Waals surface area contributed by atoms with Crippen molar-refractivity contribution in [2.45, 2.75) is 32.7 Å². The highest BCUT2D eigenvalue weighted by Gasteiger charge is 2.21. The van der Waals surface area contributed by atoms with Gasteiger partial charge in [0.05, 0.1) is 14.2 Å². The van der Waals surface area contributed by atoms with Crippen molar-refractivity contribution >= 4 is 0 Å². The Kier molecular flexibility index (Phi) is 3.81. The molecule has 0 spiro atoms. The van der Waals surface area contributed by atoms with Gasteiger partial charge in [-0.15, -0.1) is 0 Å². The van der Waals surface area contributed by atoms with Crippen LogP contribution in [0.15, 0.2) is 12.1 Å². The first-order valence-electron chi connectivity index (χ1n) is 5.39. The van der Waals surface area contributed by atoms with Crippen LogP contribution < -0.4 is 15.2 Å². The van der Waals surface area contributed by atoms with E-state index in [0.29, 0.717) is 6.54 Å². The molecule has 0 atom stereocenters. The molecular weight excluding hydrogens is 202 g/mol. The van der Waals surface area contributed by atoms with Crippen molar-refractivity contribution in [1.82, 2.24) is 0 Å². The Morgan fingerprint density at radius 1 is 1.06 bits per heavy atom. The maximum Gasteiger partial charge on any atom is 0.123 e. The third-order valence-corrected chi connectivity index (χ3v) is 2.63. The largest absolute Gasteiger partial charge is 0.496 e. The molecule has 3 nitrogen and oxygen atoms in total. The second-order valence-corrected chi connectivity index (χ2v) is 4.82. The number of nitrogens with two attached hydrogens (primary N) is 1. The zero-order valence-corrected chi connectivity index (χ0v) is 10.8. The highest BCUT2D eigenvalue weighted by molar-refractivity contribution is 5.49. The van der Waals surface area contributed by atoms with Gasteiger partial charge in [-0.3, -0.25) is 0 Å². The third kappa shape index (κ3) is 2.47. The van der Waals surface area contributed by atoms with Crippen molar-refractivity contribution in [2.24, 2.45) is 5.73 Å². The van der Waals surface area contributed by atoms with Crippen LogP contribution in [0.2, 0.25) is 0 Å². The molecular formula is C13H21NO2. The Balaban J connectivity index is 3.38. The number of hydrogen-bond donors (Lipinski definition) is 1. The lowest BCUT2D eigenvalue weighted by Gasteiger charge is -2.24. The van der Waals surface area contributed by atoms with E-state index in [1.807, 2.05) is 12.1 Å². The predicted molar refractivity (Wildman–Crippen MR) is 66.1 cm³/mol. The van der Waals surface area contributed by atoms with E-state index in [9.17, 15) is 0 Å². The monoisotopic (exact) mass is 223 g/mol. The standard InChI is InChI=1S/C13H21NO2/c1-13(2,3)10-7-11(15-4)9(8-14)6-12(10)16-5/h6-7H,8,14H2,1-5H3. The van der Waals surface area contributed by atoms with E-state index in [4.69, 9.17) is 15.2 Å². The molecule has 90 valence electrons. The fraction of sp³-hybridized carbons (Fsp3) is 0.538. The Morgan fingerprint density at radius 3 is 2.00 bits per heavy atom. The van der Waals surface area contributed by atoms with Gasteiger partial charge in [0.1, 0.15) is 11.5 Å². The first-order chi connectivity index (χ1) is 7.43. The normalized spacial score (nSPS) is 11.4. The molecule has 0 aliphatic rings. The average Bonchev–Trinajstić information content (AvgIpc) is 2.25. The maximum atomic E-state index is 5.67. The second kappa shape index (κ2) is 4.74. The minimum Gasteiger partial charge on any atom is -0.496 e. The van der Waals surface area contributed by atoms with E-state index in [2.05, 4.69) is 20.8 Å². The minimum atomic E-state index is 0.0196. The topological polar surface area (TPSA) is 44.5 Å². The summed E-state index contributed by atoms with van der Waals surface area (Å²) in [6.45, 7) is 6.88. The number of hydrogen-bond acceptors (Lipinski definition) is 3. The van der Waals surface area contributed by atoms with Crippen LogP contribution in [0.25, 0.3) is 0 Å². The van der Waals surface area contributed by atoms with Crippen LogP contribution in [0.5, 0.6) is 11.5 Å². The molecule has 0 aliphatic heterocycles. The van der Waals surface area contributed by atoms with E-state index in [1.165, 1.54) is 0 Å². The van der Waals surface area contributed by atoms with Gasteiger partial charge < -0.3 is 15.2 Å². The molecule has 1 rings (SSSR count).